The molecule has 0 fully saturated rings. The third-order valence-corrected chi connectivity index (χ3v) is 4.26. The summed E-state index contributed by atoms with van der Waals surface area (Å²) in [5, 5.41) is 0. The summed E-state index contributed by atoms with van der Waals surface area (Å²) in [5.41, 5.74) is 0. The van der Waals surface area contributed by atoms with Gasteiger partial charge in [0.2, 0.25) is 10.0 Å². The third kappa shape index (κ3) is 6.63. The van der Waals surface area contributed by atoms with Gasteiger partial charge in [-0.05, 0) is 12.3 Å². The molecule has 0 rings (SSSR count). The van der Waals surface area contributed by atoms with Crippen LogP contribution in [0.5, 0.6) is 0 Å². The highest BCUT2D eigenvalue weighted by atomic mass is 32.2. The van der Waals surface area contributed by atoms with Crippen molar-refractivity contribution in [2.75, 3.05) is 26.0 Å². The second-order valence-electron chi connectivity index (χ2n) is 4.39. The van der Waals surface area contributed by atoms with E-state index in [1.807, 2.05) is 20.8 Å². The van der Waals surface area contributed by atoms with Crippen molar-refractivity contribution < 1.29 is 17.9 Å². The standard InChI is InChI=1S/C11H23NO4S/c1-5-8-17(14,15)12(9-10(2)3)7-6-11(13)16-4/h10H,5-9H2,1-4H3. The normalized spacial score (nSPS) is 12.1. The summed E-state index contributed by atoms with van der Waals surface area (Å²) < 4.78 is 29.8. The zero-order valence-corrected chi connectivity index (χ0v) is 11.9. The van der Waals surface area contributed by atoms with Crippen LogP contribution >= 0.6 is 0 Å². The van der Waals surface area contributed by atoms with Gasteiger partial charge in [0.1, 0.15) is 0 Å². The van der Waals surface area contributed by atoms with Gasteiger partial charge in [-0.15, -0.1) is 0 Å². The Labute approximate surface area is 104 Å². The number of methoxy groups -OCH3 is 1. The van der Waals surface area contributed by atoms with Crippen LogP contribution in [0.25, 0.3) is 0 Å². The molecule has 0 bridgehead atoms. The van der Waals surface area contributed by atoms with Crippen LogP contribution in [0.3, 0.4) is 0 Å². The summed E-state index contributed by atoms with van der Waals surface area (Å²) in [5.74, 6) is -0.0225. The van der Waals surface area contributed by atoms with E-state index in [1.165, 1.54) is 11.4 Å². The van der Waals surface area contributed by atoms with Crippen molar-refractivity contribution >= 4 is 16.0 Å². The van der Waals surface area contributed by atoms with Crippen LogP contribution in [0.15, 0.2) is 0 Å². The largest absolute Gasteiger partial charge is 0.469 e. The van der Waals surface area contributed by atoms with Gasteiger partial charge in [-0.3, -0.25) is 4.79 Å². The summed E-state index contributed by atoms with van der Waals surface area (Å²) in [6.45, 7) is 6.37. The van der Waals surface area contributed by atoms with E-state index in [4.69, 9.17) is 0 Å². The number of rotatable bonds is 8. The molecule has 0 saturated carbocycles. The number of ether oxygens (including phenoxy) is 1. The maximum absolute atomic E-state index is 11.9. The Morgan fingerprint density at radius 2 is 1.94 bits per heavy atom. The van der Waals surface area contributed by atoms with E-state index in [9.17, 15) is 13.2 Å². The minimum Gasteiger partial charge on any atom is -0.469 e. The van der Waals surface area contributed by atoms with Crippen LogP contribution in [-0.2, 0) is 19.6 Å². The molecule has 0 amide bonds. The second kappa shape index (κ2) is 7.66. The number of hydrogen-bond acceptors (Lipinski definition) is 4. The Hall–Kier alpha value is -0.620. The SMILES string of the molecule is CCCS(=O)(=O)N(CCC(=O)OC)CC(C)C. The second-order valence-corrected chi connectivity index (χ2v) is 6.48. The smallest absolute Gasteiger partial charge is 0.306 e. The third-order valence-electron chi connectivity index (χ3n) is 2.22. The van der Waals surface area contributed by atoms with Crippen molar-refractivity contribution in [2.24, 2.45) is 5.92 Å². The highest BCUT2D eigenvalue weighted by molar-refractivity contribution is 7.89. The lowest BCUT2D eigenvalue weighted by molar-refractivity contribution is -0.140. The van der Waals surface area contributed by atoms with E-state index < -0.39 is 10.0 Å². The van der Waals surface area contributed by atoms with Crippen molar-refractivity contribution in [1.29, 1.82) is 0 Å². The number of sulfonamides is 1. The summed E-state index contributed by atoms with van der Waals surface area (Å²) in [6, 6.07) is 0. The van der Waals surface area contributed by atoms with Gasteiger partial charge in [0.05, 0.1) is 19.3 Å². The molecule has 0 atom stereocenters. The van der Waals surface area contributed by atoms with Crippen LogP contribution in [0.4, 0.5) is 0 Å². The van der Waals surface area contributed by atoms with E-state index >= 15 is 0 Å². The molecule has 17 heavy (non-hydrogen) atoms. The first-order valence-corrected chi connectivity index (χ1v) is 7.49. The molecule has 0 heterocycles. The Morgan fingerprint density at radius 3 is 2.35 bits per heavy atom. The summed E-state index contributed by atoms with van der Waals surface area (Å²) in [4.78, 5) is 11.0. The van der Waals surface area contributed by atoms with Crippen LogP contribution in [-0.4, -0.2) is 44.6 Å². The Morgan fingerprint density at radius 1 is 1.35 bits per heavy atom. The quantitative estimate of drug-likeness (QED) is 0.620. The molecule has 0 radical (unpaired) electrons. The van der Waals surface area contributed by atoms with Crippen molar-refractivity contribution in [3.8, 4) is 0 Å². The summed E-state index contributed by atoms with van der Waals surface area (Å²) in [6.07, 6.45) is 0.682. The first-order chi connectivity index (χ1) is 7.83. The van der Waals surface area contributed by atoms with Gasteiger partial charge >= 0.3 is 5.97 Å². The molecular formula is C11H23NO4S. The highest BCUT2D eigenvalue weighted by Crippen LogP contribution is 2.09. The molecule has 102 valence electrons. The fraction of sp³-hybridized carbons (Fsp3) is 0.909. The van der Waals surface area contributed by atoms with Gasteiger partial charge in [0, 0.05) is 13.1 Å². The van der Waals surface area contributed by atoms with Gasteiger partial charge in [-0.25, -0.2) is 12.7 Å². The number of carbonyl (C=O) groups excluding carboxylic acids is 1. The molecule has 0 aromatic carbocycles. The molecule has 5 nitrogen and oxygen atoms in total. The van der Waals surface area contributed by atoms with Crippen molar-refractivity contribution in [3.63, 3.8) is 0 Å². The lowest BCUT2D eigenvalue weighted by atomic mass is 10.2. The van der Waals surface area contributed by atoms with Crippen LogP contribution in [0, 0.1) is 5.92 Å². The zero-order valence-electron chi connectivity index (χ0n) is 11.1. The van der Waals surface area contributed by atoms with Gasteiger partial charge in [0.25, 0.3) is 0 Å². The Kier molecular flexibility index (Phi) is 7.38. The number of carbonyl (C=O) groups is 1. The van der Waals surface area contributed by atoms with Crippen LogP contribution < -0.4 is 0 Å². The zero-order chi connectivity index (χ0) is 13.5. The van der Waals surface area contributed by atoms with Crippen molar-refractivity contribution in [2.45, 2.75) is 33.6 Å². The van der Waals surface area contributed by atoms with Crippen LogP contribution in [0.1, 0.15) is 33.6 Å². The molecule has 0 saturated heterocycles. The minimum absolute atomic E-state index is 0.103. The maximum atomic E-state index is 11.9. The maximum Gasteiger partial charge on any atom is 0.306 e. The topological polar surface area (TPSA) is 63.7 Å². The molecular weight excluding hydrogens is 242 g/mol. The molecule has 0 spiro atoms. The van der Waals surface area contributed by atoms with Crippen molar-refractivity contribution in [3.05, 3.63) is 0 Å². The number of hydrogen-bond donors (Lipinski definition) is 0. The Balaban J connectivity index is 4.59. The average molecular weight is 265 g/mol. The van der Waals surface area contributed by atoms with E-state index in [0.29, 0.717) is 13.0 Å². The monoisotopic (exact) mass is 265 g/mol. The first kappa shape index (κ1) is 16.4. The molecule has 0 aliphatic heterocycles. The minimum atomic E-state index is -3.25. The number of nitrogens with zero attached hydrogens (tertiary/aromatic N) is 1. The fourth-order valence-electron chi connectivity index (χ4n) is 1.46. The molecule has 6 heteroatoms. The molecule has 0 aliphatic carbocycles. The van der Waals surface area contributed by atoms with E-state index in [2.05, 4.69) is 4.74 Å². The molecule has 0 N–H and O–H groups in total. The van der Waals surface area contributed by atoms with Crippen LogP contribution in [0.2, 0.25) is 0 Å². The van der Waals surface area contributed by atoms with E-state index in [-0.39, 0.29) is 30.6 Å². The van der Waals surface area contributed by atoms with Gasteiger partial charge in [0.15, 0.2) is 0 Å². The summed E-state index contributed by atoms with van der Waals surface area (Å²) in [7, 11) is -1.94. The first-order valence-electron chi connectivity index (χ1n) is 5.88. The van der Waals surface area contributed by atoms with E-state index in [0.717, 1.165) is 0 Å². The van der Waals surface area contributed by atoms with Crippen molar-refractivity contribution in [1.82, 2.24) is 4.31 Å². The molecule has 0 unspecified atom stereocenters. The lowest BCUT2D eigenvalue weighted by Crippen LogP contribution is -2.37. The molecule has 0 aromatic heterocycles. The highest BCUT2D eigenvalue weighted by Gasteiger charge is 2.22. The predicted octanol–water partition coefficient (Wildman–Crippen LogP) is 1.25. The summed E-state index contributed by atoms with van der Waals surface area (Å²) >= 11 is 0. The average Bonchev–Trinajstić information content (AvgIpc) is 2.22. The van der Waals surface area contributed by atoms with Gasteiger partial charge in [-0.1, -0.05) is 20.8 Å². The van der Waals surface area contributed by atoms with E-state index in [1.54, 1.807) is 0 Å². The van der Waals surface area contributed by atoms with Gasteiger partial charge < -0.3 is 4.74 Å². The number of esters is 1. The predicted molar refractivity (Wildman–Crippen MR) is 67.1 cm³/mol. The fourth-order valence-corrected chi connectivity index (χ4v) is 3.13. The van der Waals surface area contributed by atoms with Gasteiger partial charge in [-0.2, -0.15) is 0 Å². The lowest BCUT2D eigenvalue weighted by Gasteiger charge is -2.23. The Bertz CT molecular complexity index is 324. The molecule has 0 aliphatic rings. The molecule has 0 aromatic rings.